The van der Waals surface area contributed by atoms with Gasteiger partial charge < -0.3 is 4.42 Å². The van der Waals surface area contributed by atoms with Gasteiger partial charge in [0.05, 0.1) is 6.85 Å². The molecule has 0 saturated carbocycles. The van der Waals surface area contributed by atoms with Crippen molar-refractivity contribution in [1.82, 2.24) is 0 Å². The largest absolute Gasteiger partial charge is 0.456 e. The van der Waals surface area contributed by atoms with Crippen molar-refractivity contribution in [2.24, 2.45) is 0 Å². The SMILES string of the molecule is [2H]c1c([2H])c([2H])c(-c2c3ccccc3c(-c3cccc4oc5cc(-c6c7ccccc7c(-c7ccccc7)c7ccccc67)ccc5c34)c3ccccc23)c([2H])c1[2H]. The molecule has 0 fully saturated rings. The van der Waals surface area contributed by atoms with Crippen LogP contribution in [0.25, 0.3) is 110 Å². The molecule has 1 heterocycles. The number of hydrogen-bond acceptors (Lipinski definition) is 1. The van der Waals surface area contributed by atoms with E-state index in [1.54, 1.807) is 0 Å². The second-order valence-electron chi connectivity index (χ2n) is 13.5. The van der Waals surface area contributed by atoms with Crippen LogP contribution in [0.3, 0.4) is 0 Å². The van der Waals surface area contributed by atoms with Crippen molar-refractivity contribution in [2.75, 3.05) is 0 Å². The number of furan rings is 1. The predicted molar refractivity (Wildman–Crippen MR) is 225 cm³/mol. The molecule has 0 aliphatic rings. The average molecular weight is 678 g/mol. The summed E-state index contributed by atoms with van der Waals surface area (Å²) in [4.78, 5) is 0. The summed E-state index contributed by atoms with van der Waals surface area (Å²) in [6.45, 7) is 0. The lowest BCUT2D eigenvalue weighted by molar-refractivity contribution is 0.669. The molecule has 1 nitrogen and oxygen atoms in total. The Morgan fingerprint density at radius 2 is 0.792 bits per heavy atom. The molecule has 1 aromatic heterocycles. The zero-order chi connectivity index (χ0) is 39.2. The quantitative estimate of drug-likeness (QED) is 0.169. The van der Waals surface area contributed by atoms with Gasteiger partial charge >= 0.3 is 0 Å². The third-order valence-electron chi connectivity index (χ3n) is 10.7. The van der Waals surface area contributed by atoms with Crippen molar-refractivity contribution >= 4 is 65.0 Å². The van der Waals surface area contributed by atoms with E-state index >= 15 is 0 Å². The number of benzene rings is 10. The highest BCUT2D eigenvalue weighted by Crippen LogP contribution is 2.48. The molecule has 0 radical (unpaired) electrons. The van der Waals surface area contributed by atoms with Crippen LogP contribution < -0.4 is 0 Å². The second-order valence-corrected chi connectivity index (χ2v) is 13.5. The molecule has 0 bridgehead atoms. The fourth-order valence-electron chi connectivity index (χ4n) is 8.61. The molecule has 0 aliphatic heterocycles. The lowest BCUT2D eigenvalue weighted by Gasteiger charge is -2.18. The molecule has 246 valence electrons. The minimum absolute atomic E-state index is 0.196. The van der Waals surface area contributed by atoms with Gasteiger partial charge in [0.25, 0.3) is 0 Å². The van der Waals surface area contributed by atoms with Crippen LogP contribution in [0.5, 0.6) is 0 Å². The van der Waals surface area contributed by atoms with Crippen LogP contribution in [0, 0.1) is 0 Å². The molecule has 0 amide bonds. The van der Waals surface area contributed by atoms with Crippen molar-refractivity contribution in [1.29, 1.82) is 0 Å². The Morgan fingerprint density at radius 3 is 1.34 bits per heavy atom. The van der Waals surface area contributed by atoms with E-state index in [9.17, 15) is 0 Å². The maximum atomic E-state index is 8.95. The number of hydrogen-bond donors (Lipinski definition) is 0. The summed E-state index contributed by atoms with van der Waals surface area (Å²) in [5, 5.41) is 10.2. The van der Waals surface area contributed by atoms with Crippen LogP contribution in [0.4, 0.5) is 0 Å². The van der Waals surface area contributed by atoms with Gasteiger partial charge in [0.1, 0.15) is 11.2 Å². The van der Waals surface area contributed by atoms with Gasteiger partial charge in [-0.2, -0.15) is 0 Å². The van der Waals surface area contributed by atoms with Crippen molar-refractivity contribution < 1.29 is 11.3 Å². The van der Waals surface area contributed by atoms with Crippen LogP contribution >= 0.6 is 0 Å². The van der Waals surface area contributed by atoms with Crippen molar-refractivity contribution in [3.8, 4) is 44.5 Å². The van der Waals surface area contributed by atoms with Crippen molar-refractivity contribution in [3.05, 3.63) is 194 Å². The van der Waals surface area contributed by atoms with Crippen molar-refractivity contribution in [2.45, 2.75) is 0 Å². The molecule has 0 atom stereocenters. The van der Waals surface area contributed by atoms with Gasteiger partial charge in [-0.3, -0.25) is 0 Å². The molecule has 1 heteroatoms. The summed E-state index contributed by atoms with van der Waals surface area (Å²) in [7, 11) is 0. The first kappa shape index (κ1) is 25.1. The van der Waals surface area contributed by atoms with E-state index in [1.807, 2.05) is 48.5 Å². The summed E-state index contributed by atoms with van der Waals surface area (Å²) in [5.74, 6) is 0. The second kappa shape index (κ2) is 11.8. The van der Waals surface area contributed by atoms with Gasteiger partial charge in [-0.05, 0) is 106 Å². The maximum absolute atomic E-state index is 8.95. The van der Waals surface area contributed by atoms with E-state index in [4.69, 9.17) is 11.3 Å². The van der Waals surface area contributed by atoms with Gasteiger partial charge in [0.2, 0.25) is 0 Å². The Labute approximate surface area is 314 Å². The molecule has 11 rings (SSSR count). The smallest absolute Gasteiger partial charge is 0.136 e. The van der Waals surface area contributed by atoms with Gasteiger partial charge in [0.15, 0.2) is 0 Å². The van der Waals surface area contributed by atoms with Gasteiger partial charge in [0, 0.05) is 10.8 Å². The van der Waals surface area contributed by atoms with E-state index in [0.29, 0.717) is 5.56 Å². The lowest BCUT2D eigenvalue weighted by Crippen LogP contribution is -1.91. The Balaban J connectivity index is 1.18. The van der Waals surface area contributed by atoms with Crippen LogP contribution in [-0.2, 0) is 0 Å². The van der Waals surface area contributed by atoms with Gasteiger partial charge in [-0.1, -0.05) is 176 Å². The predicted octanol–water partition coefficient (Wildman–Crippen LogP) is 14.9. The van der Waals surface area contributed by atoms with E-state index in [0.717, 1.165) is 65.7 Å². The summed E-state index contributed by atoms with van der Waals surface area (Å²) in [5.41, 5.74) is 8.99. The van der Waals surface area contributed by atoms with Crippen LogP contribution in [-0.4, -0.2) is 0 Å². The molecule has 0 spiro atoms. The van der Waals surface area contributed by atoms with E-state index in [-0.39, 0.29) is 29.7 Å². The molecule has 0 N–H and O–H groups in total. The normalized spacial score (nSPS) is 13.1. The molecule has 0 unspecified atom stereocenters. The first-order valence-electron chi connectivity index (χ1n) is 20.4. The Bertz CT molecular complexity index is 3370. The minimum atomic E-state index is -0.406. The van der Waals surface area contributed by atoms with Crippen LogP contribution in [0.1, 0.15) is 6.85 Å². The van der Waals surface area contributed by atoms with Crippen LogP contribution in [0.15, 0.2) is 198 Å². The van der Waals surface area contributed by atoms with Crippen molar-refractivity contribution in [3.63, 3.8) is 0 Å². The minimum Gasteiger partial charge on any atom is -0.456 e. The highest BCUT2D eigenvalue weighted by atomic mass is 16.3. The lowest BCUT2D eigenvalue weighted by atomic mass is 9.84. The highest BCUT2D eigenvalue weighted by Gasteiger charge is 2.22. The van der Waals surface area contributed by atoms with E-state index in [1.165, 1.54) is 32.7 Å². The maximum Gasteiger partial charge on any atom is 0.136 e. The summed E-state index contributed by atoms with van der Waals surface area (Å²) >= 11 is 0. The highest BCUT2D eigenvalue weighted by molar-refractivity contribution is 6.26. The first-order chi connectivity index (χ1) is 28.4. The standard InChI is InChI=1S/C52H32O/c1-3-16-33(17-4-1)48-36-20-7-9-22-38(36)50(39-23-10-8-21-37(39)48)35-30-31-44-47(32-35)53-46-29-15-28-45(52(44)46)51-42-26-13-11-24-40(42)49(34-18-5-2-6-19-34)41-25-12-14-27-43(41)51/h1-32H/i2D,5D,6D,18D,19D. The van der Waals surface area contributed by atoms with Crippen LogP contribution in [0.2, 0.25) is 0 Å². The van der Waals surface area contributed by atoms with E-state index in [2.05, 4.69) is 115 Å². The zero-order valence-electron chi connectivity index (χ0n) is 33.5. The monoisotopic (exact) mass is 677 g/mol. The molecule has 0 saturated heterocycles. The zero-order valence-corrected chi connectivity index (χ0v) is 28.5. The first-order valence-corrected chi connectivity index (χ1v) is 17.9. The van der Waals surface area contributed by atoms with Gasteiger partial charge in [-0.15, -0.1) is 0 Å². The summed E-state index contributed by atoms with van der Waals surface area (Å²) in [6, 6.07) is 55.1. The van der Waals surface area contributed by atoms with E-state index < -0.39 is 6.04 Å². The number of fused-ring (bicyclic) bond motifs is 7. The molecule has 0 aliphatic carbocycles. The van der Waals surface area contributed by atoms with Gasteiger partial charge in [-0.25, -0.2) is 0 Å². The molecular formula is C52H32O. The average Bonchev–Trinajstić information content (AvgIpc) is 3.65. The fourth-order valence-corrected chi connectivity index (χ4v) is 8.61. The third kappa shape index (κ3) is 4.51. The molecule has 10 aromatic carbocycles. The number of rotatable bonds is 4. The Kier molecular flexibility index (Phi) is 5.58. The summed E-state index contributed by atoms with van der Waals surface area (Å²) < 4.78 is 49.9. The molecule has 53 heavy (non-hydrogen) atoms. The molecule has 11 aromatic rings. The third-order valence-corrected chi connectivity index (χ3v) is 10.7. The summed E-state index contributed by atoms with van der Waals surface area (Å²) in [6.07, 6.45) is 0. The Hall–Kier alpha value is -6.96. The topological polar surface area (TPSA) is 13.1 Å². The Morgan fingerprint density at radius 1 is 0.321 bits per heavy atom. The fraction of sp³-hybridized carbons (Fsp3) is 0. The molecular weight excluding hydrogens is 641 g/mol.